The summed E-state index contributed by atoms with van der Waals surface area (Å²) in [5.41, 5.74) is -0.659. The van der Waals surface area contributed by atoms with Crippen LogP contribution in [0.5, 0.6) is 0 Å². The molecule has 6 aliphatic carbocycles. The summed E-state index contributed by atoms with van der Waals surface area (Å²) < 4.78 is 126. The molecule has 0 aromatic heterocycles. The summed E-state index contributed by atoms with van der Waals surface area (Å²) in [6.07, 6.45) is 1.45. The van der Waals surface area contributed by atoms with Gasteiger partial charge in [-0.25, -0.2) is 0 Å². The molecule has 6 saturated carbocycles. The van der Waals surface area contributed by atoms with Gasteiger partial charge in [-0.15, -0.1) is 0 Å². The van der Waals surface area contributed by atoms with E-state index in [1.807, 2.05) is 0 Å². The lowest BCUT2D eigenvalue weighted by Gasteiger charge is -2.55. The molecule has 1 N–H and O–H groups in total. The normalized spacial score (nSPS) is 43.6. The van der Waals surface area contributed by atoms with E-state index in [4.69, 9.17) is 18.2 Å². The van der Waals surface area contributed by atoms with Crippen molar-refractivity contribution < 1.29 is 62.2 Å². The molecule has 0 radical (unpaired) electrons. The van der Waals surface area contributed by atoms with E-state index in [9.17, 15) is 44.0 Å². The molecule has 1 heterocycles. The van der Waals surface area contributed by atoms with Crippen molar-refractivity contribution in [3.8, 4) is 0 Å². The van der Waals surface area contributed by atoms with Crippen molar-refractivity contribution >= 4 is 32.2 Å². The monoisotopic (exact) mass is 604 g/mol. The lowest BCUT2D eigenvalue weighted by molar-refractivity contribution is -0.187. The minimum absolute atomic E-state index is 0.143. The average molecular weight is 605 g/mol. The molecule has 6 bridgehead atoms. The molecule has 6 unspecified atom stereocenters. The number of carbonyl (C=O) groups excluding carboxylic acids is 2. The van der Waals surface area contributed by atoms with E-state index in [2.05, 4.69) is 0 Å². The Morgan fingerprint density at radius 2 is 1.54 bits per heavy atom. The summed E-state index contributed by atoms with van der Waals surface area (Å²) in [5.74, 6) is -8.67. The summed E-state index contributed by atoms with van der Waals surface area (Å²) in [6, 6.07) is 0. The van der Waals surface area contributed by atoms with Crippen molar-refractivity contribution in [2.24, 2.45) is 40.9 Å². The Hall–Kier alpha value is -1.52. The van der Waals surface area contributed by atoms with Crippen molar-refractivity contribution in [3.63, 3.8) is 0 Å². The Bertz CT molecular complexity index is 1260. The first-order valence-corrected chi connectivity index (χ1v) is 15.9. The van der Waals surface area contributed by atoms with Gasteiger partial charge >= 0.3 is 33.2 Å². The quantitative estimate of drug-likeness (QED) is 0.190. The first kappa shape index (κ1) is 27.6. The smallest absolute Gasteiger partial charge is 0.431 e. The van der Waals surface area contributed by atoms with Gasteiger partial charge in [0.2, 0.25) is 0 Å². The van der Waals surface area contributed by atoms with E-state index >= 15 is 0 Å². The van der Waals surface area contributed by atoms with Crippen LogP contribution in [0, 0.1) is 40.9 Å². The molecule has 0 amide bonds. The fourth-order valence-electron chi connectivity index (χ4n) is 8.77. The number of fused-ring (bicyclic) bond motifs is 1. The predicted octanol–water partition coefficient (Wildman–Crippen LogP) is 2.53. The lowest BCUT2D eigenvalue weighted by atomic mass is 9.49. The van der Waals surface area contributed by atoms with Crippen LogP contribution in [0.15, 0.2) is 0 Å². The number of hydrogen-bond donors (Lipinski definition) is 1. The van der Waals surface area contributed by atoms with E-state index in [1.54, 1.807) is 0 Å². The first-order valence-electron chi connectivity index (χ1n) is 13.0. The van der Waals surface area contributed by atoms with Crippen LogP contribution in [0.25, 0.3) is 0 Å². The largest absolute Gasteiger partial charge is 0.465 e. The van der Waals surface area contributed by atoms with Crippen LogP contribution in [0.4, 0.5) is 17.6 Å². The van der Waals surface area contributed by atoms with E-state index in [1.165, 1.54) is 0 Å². The third kappa shape index (κ3) is 4.05. The average Bonchev–Trinajstić information content (AvgIpc) is 3.40. The van der Waals surface area contributed by atoms with Crippen molar-refractivity contribution in [2.45, 2.75) is 80.0 Å². The molecule has 7 aliphatic rings. The Morgan fingerprint density at radius 3 is 2.08 bits per heavy atom. The van der Waals surface area contributed by atoms with Gasteiger partial charge in [-0.3, -0.25) is 18.3 Å². The molecule has 16 heteroatoms. The molecule has 0 spiro atoms. The van der Waals surface area contributed by atoms with Crippen molar-refractivity contribution in [2.75, 3.05) is 6.61 Å². The first-order chi connectivity index (χ1) is 18.0. The van der Waals surface area contributed by atoms with Gasteiger partial charge in [-0.1, -0.05) is 0 Å². The molecule has 7 fully saturated rings. The Balaban J connectivity index is 1.16. The van der Waals surface area contributed by atoms with Gasteiger partial charge in [0.25, 0.3) is 10.1 Å². The second kappa shape index (κ2) is 8.51. The van der Waals surface area contributed by atoms with Crippen LogP contribution in [0.1, 0.15) is 51.4 Å². The number of rotatable bonds is 8. The maximum atomic E-state index is 13.8. The maximum Gasteiger partial charge on any atom is 0.431 e. The number of esters is 2. The third-order valence-electron chi connectivity index (χ3n) is 9.92. The Kier molecular flexibility index (Phi) is 6.03. The zero-order chi connectivity index (χ0) is 28.3. The van der Waals surface area contributed by atoms with Crippen molar-refractivity contribution in [1.29, 1.82) is 0 Å². The van der Waals surface area contributed by atoms with Crippen LogP contribution in [-0.2, 0) is 43.5 Å². The summed E-state index contributed by atoms with van der Waals surface area (Å²) in [6.45, 7) is -1.38. The number of hydrogen-bond acceptors (Lipinski definition) is 9. The second-order valence-electron chi connectivity index (χ2n) is 12.3. The third-order valence-corrected chi connectivity index (χ3v) is 12.7. The van der Waals surface area contributed by atoms with Crippen LogP contribution in [-0.4, -0.2) is 68.6 Å². The van der Waals surface area contributed by atoms with Gasteiger partial charge < -0.3 is 9.47 Å². The van der Waals surface area contributed by atoms with Gasteiger partial charge in [0.15, 0.2) is 0 Å². The van der Waals surface area contributed by atoms with Crippen LogP contribution < -0.4 is 0 Å². The standard InChI is InChI=1S/C23H28F4O10S2/c24-22(25,23(26,27)39(32,33)34)1-2-35-19(28)15-13-6-14-17(37-38(30,31)18(14)15)16(13)36-20(29)21-7-10-3-11(8-21)5-12(4-10)9-21/h10-18H,1-9H2,(H,32,33,34). The molecule has 39 heavy (non-hydrogen) atoms. The Labute approximate surface area is 222 Å². The molecule has 7 rings (SSSR count). The van der Waals surface area contributed by atoms with E-state index < -0.39 is 97.0 Å². The second-order valence-corrected chi connectivity index (χ2v) is 15.5. The zero-order valence-electron chi connectivity index (χ0n) is 20.5. The topological polar surface area (TPSA) is 150 Å². The van der Waals surface area contributed by atoms with Gasteiger partial charge in [0.1, 0.15) is 17.5 Å². The zero-order valence-corrected chi connectivity index (χ0v) is 22.1. The van der Waals surface area contributed by atoms with Gasteiger partial charge in [-0.2, -0.15) is 34.4 Å². The highest BCUT2D eigenvalue weighted by Crippen LogP contribution is 2.62. The minimum atomic E-state index is -6.46. The number of halogens is 4. The fourth-order valence-corrected chi connectivity index (χ4v) is 11.3. The van der Waals surface area contributed by atoms with E-state index in [-0.39, 0.29) is 6.42 Å². The number of ether oxygens (including phenoxy) is 2. The van der Waals surface area contributed by atoms with Gasteiger partial charge in [0, 0.05) is 11.8 Å². The molecule has 6 atom stereocenters. The summed E-state index contributed by atoms with van der Waals surface area (Å²) in [7, 11) is -10.8. The molecule has 220 valence electrons. The highest BCUT2D eigenvalue weighted by atomic mass is 32.2. The molecule has 1 aliphatic heterocycles. The Morgan fingerprint density at radius 1 is 0.974 bits per heavy atom. The number of alkyl halides is 4. The van der Waals surface area contributed by atoms with Crippen LogP contribution >= 0.6 is 0 Å². The molecule has 0 aromatic rings. The summed E-state index contributed by atoms with van der Waals surface area (Å²) >= 11 is 0. The summed E-state index contributed by atoms with van der Waals surface area (Å²) in [5, 5.41) is -7.19. The SMILES string of the molecule is O=C(OCCC(F)(F)C(F)(F)S(=O)(=O)O)C1C2CC3C(OS(=O)(=O)C31)C2OC(=O)C12CC3CC(CC(C3)C1)C2. The van der Waals surface area contributed by atoms with Crippen molar-refractivity contribution in [3.05, 3.63) is 0 Å². The van der Waals surface area contributed by atoms with Crippen LogP contribution in [0.3, 0.4) is 0 Å². The van der Waals surface area contributed by atoms with Crippen molar-refractivity contribution in [1.82, 2.24) is 0 Å². The van der Waals surface area contributed by atoms with Gasteiger partial charge in [-0.05, 0) is 62.7 Å². The van der Waals surface area contributed by atoms with Crippen LogP contribution in [0.2, 0.25) is 0 Å². The van der Waals surface area contributed by atoms with Gasteiger partial charge in [0.05, 0.1) is 24.4 Å². The van der Waals surface area contributed by atoms with E-state index in [0.29, 0.717) is 37.0 Å². The molecule has 10 nitrogen and oxygen atoms in total. The van der Waals surface area contributed by atoms with E-state index in [0.717, 1.165) is 19.3 Å². The maximum absolute atomic E-state index is 13.8. The lowest BCUT2D eigenvalue weighted by Crippen LogP contribution is -2.53. The highest BCUT2D eigenvalue weighted by molar-refractivity contribution is 7.87. The minimum Gasteiger partial charge on any atom is -0.465 e. The predicted molar refractivity (Wildman–Crippen MR) is 120 cm³/mol. The molecular formula is C23H28F4O10S2. The summed E-state index contributed by atoms with van der Waals surface area (Å²) in [4.78, 5) is 26.4. The molecule has 1 saturated heterocycles. The number of carbonyl (C=O) groups is 2. The molecule has 0 aromatic carbocycles. The highest BCUT2D eigenvalue weighted by Gasteiger charge is 2.73. The fraction of sp³-hybridized carbons (Fsp3) is 0.913. The molecular weight excluding hydrogens is 576 g/mol.